The summed E-state index contributed by atoms with van der Waals surface area (Å²) in [6.07, 6.45) is 2.56. The topological polar surface area (TPSA) is 84.6 Å². The van der Waals surface area contributed by atoms with E-state index >= 15 is 0 Å². The van der Waals surface area contributed by atoms with Gasteiger partial charge in [0.15, 0.2) is 0 Å². The fraction of sp³-hybridized carbons (Fsp3) is 0.381. The molecule has 1 aliphatic heterocycles. The van der Waals surface area contributed by atoms with Crippen molar-refractivity contribution in [3.63, 3.8) is 0 Å². The number of ether oxygens (including phenoxy) is 2. The summed E-state index contributed by atoms with van der Waals surface area (Å²) < 4.78 is 12.6. The van der Waals surface area contributed by atoms with E-state index < -0.39 is 0 Å². The number of benzene rings is 1. The highest BCUT2D eigenvalue weighted by molar-refractivity contribution is 5.67. The van der Waals surface area contributed by atoms with Crippen molar-refractivity contribution in [3.05, 3.63) is 58.5 Å². The summed E-state index contributed by atoms with van der Waals surface area (Å²) in [7, 11) is 0. The Hall–Kier alpha value is -3.27. The van der Waals surface area contributed by atoms with E-state index in [1.54, 1.807) is 41.4 Å². The normalized spacial score (nSPS) is 14.6. The first-order valence-corrected chi connectivity index (χ1v) is 9.31. The molecule has 28 heavy (non-hydrogen) atoms. The minimum Gasteiger partial charge on any atom is -0.490 e. The number of piperidine rings is 1. The molecule has 1 aromatic heterocycles. The number of pyridine rings is 1. The van der Waals surface area contributed by atoms with Crippen LogP contribution in [0.5, 0.6) is 5.75 Å². The maximum absolute atomic E-state index is 12.4. The molecule has 0 unspecified atom stereocenters. The SMILES string of the molecule is CC(C)OC(=O)N1CCC(Oc2ccn(-c3ccc(C#N)cc3)c(=O)c2)CC1. The molecule has 1 aromatic carbocycles. The van der Waals surface area contributed by atoms with Gasteiger partial charge in [-0.3, -0.25) is 9.36 Å². The van der Waals surface area contributed by atoms with E-state index in [-0.39, 0.29) is 23.9 Å². The fourth-order valence-electron chi connectivity index (χ4n) is 3.07. The van der Waals surface area contributed by atoms with Crippen LogP contribution in [0, 0.1) is 11.3 Å². The fourth-order valence-corrected chi connectivity index (χ4v) is 3.07. The number of carbonyl (C=O) groups excluding carboxylic acids is 1. The molecule has 2 aromatic rings. The van der Waals surface area contributed by atoms with Gasteiger partial charge < -0.3 is 14.4 Å². The first-order valence-electron chi connectivity index (χ1n) is 9.31. The van der Waals surface area contributed by atoms with Crippen molar-refractivity contribution >= 4 is 6.09 Å². The van der Waals surface area contributed by atoms with E-state index in [4.69, 9.17) is 14.7 Å². The Labute approximate surface area is 163 Å². The largest absolute Gasteiger partial charge is 0.490 e. The van der Waals surface area contributed by atoms with Gasteiger partial charge in [0.2, 0.25) is 0 Å². The van der Waals surface area contributed by atoms with Crippen molar-refractivity contribution in [2.45, 2.75) is 38.9 Å². The third kappa shape index (κ3) is 4.71. The monoisotopic (exact) mass is 381 g/mol. The van der Waals surface area contributed by atoms with E-state index in [0.717, 1.165) is 0 Å². The molecular formula is C21H23N3O4. The summed E-state index contributed by atoms with van der Waals surface area (Å²) in [6, 6.07) is 12.1. The lowest BCUT2D eigenvalue weighted by molar-refractivity contribution is 0.0516. The van der Waals surface area contributed by atoms with E-state index in [0.29, 0.717) is 42.9 Å². The van der Waals surface area contributed by atoms with Crippen LogP contribution in [0.2, 0.25) is 0 Å². The highest BCUT2D eigenvalue weighted by Crippen LogP contribution is 2.19. The zero-order valence-electron chi connectivity index (χ0n) is 16.0. The summed E-state index contributed by atoms with van der Waals surface area (Å²) in [6.45, 7) is 4.79. The molecule has 7 heteroatoms. The second kappa shape index (κ2) is 8.61. The lowest BCUT2D eigenvalue weighted by Gasteiger charge is -2.32. The predicted octanol–water partition coefficient (Wildman–Crippen LogP) is 3.10. The van der Waals surface area contributed by atoms with E-state index in [9.17, 15) is 9.59 Å². The molecule has 1 amide bonds. The smallest absolute Gasteiger partial charge is 0.410 e. The summed E-state index contributed by atoms with van der Waals surface area (Å²) in [5.74, 6) is 0.512. The van der Waals surface area contributed by atoms with Crippen LogP contribution in [-0.4, -0.2) is 40.9 Å². The Balaban J connectivity index is 1.60. The van der Waals surface area contributed by atoms with Crippen LogP contribution in [0.3, 0.4) is 0 Å². The minimum absolute atomic E-state index is 0.0479. The summed E-state index contributed by atoms with van der Waals surface area (Å²) in [5, 5.41) is 8.87. The molecule has 7 nitrogen and oxygen atoms in total. The van der Waals surface area contributed by atoms with Crippen LogP contribution in [0.15, 0.2) is 47.4 Å². The summed E-state index contributed by atoms with van der Waals surface area (Å²) in [4.78, 5) is 26.0. The standard InChI is InChI=1S/C21H23N3O4/c1-15(2)27-21(26)23-10-7-18(8-11-23)28-19-9-12-24(20(25)13-19)17-5-3-16(14-22)4-6-17/h3-6,9,12-13,15,18H,7-8,10-11H2,1-2H3. The Morgan fingerprint density at radius 2 is 1.86 bits per heavy atom. The number of amides is 1. The molecular weight excluding hydrogens is 358 g/mol. The lowest BCUT2D eigenvalue weighted by atomic mass is 10.1. The molecule has 3 rings (SSSR count). The minimum atomic E-state index is -0.293. The van der Waals surface area contributed by atoms with Crippen LogP contribution >= 0.6 is 0 Å². The van der Waals surface area contributed by atoms with Crippen molar-refractivity contribution in [1.82, 2.24) is 9.47 Å². The maximum Gasteiger partial charge on any atom is 0.410 e. The summed E-state index contributed by atoms with van der Waals surface area (Å²) in [5.41, 5.74) is 1.02. The van der Waals surface area contributed by atoms with Crippen LogP contribution in [0.4, 0.5) is 4.79 Å². The third-order valence-electron chi connectivity index (χ3n) is 4.51. The van der Waals surface area contributed by atoms with E-state index in [1.807, 2.05) is 13.8 Å². The molecule has 1 fully saturated rings. The molecule has 1 saturated heterocycles. The molecule has 0 radical (unpaired) electrons. The van der Waals surface area contributed by atoms with Gasteiger partial charge in [-0.1, -0.05) is 0 Å². The van der Waals surface area contributed by atoms with Gasteiger partial charge in [-0.05, 0) is 44.2 Å². The first kappa shape index (κ1) is 19.5. The maximum atomic E-state index is 12.4. The van der Waals surface area contributed by atoms with Crippen LogP contribution in [0.25, 0.3) is 5.69 Å². The average Bonchev–Trinajstić information content (AvgIpc) is 2.68. The van der Waals surface area contributed by atoms with E-state index in [1.165, 1.54) is 10.6 Å². The van der Waals surface area contributed by atoms with Crippen molar-refractivity contribution in [1.29, 1.82) is 5.26 Å². The highest BCUT2D eigenvalue weighted by atomic mass is 16.6. The van der Waals surface area contributed by atoms with Crippen molar-refractivity contribution in [2.75, 3.05) is 13.1 Å². The van der Waals surface area contributed by atoms with E-state index in [2.05, 4.69) is 6.07 Å². The lowest BCUT2D eigenvalue weighted by Crippen LogP contribution is -2.42. The molecule has 1 aliphatic rings. The van der Waals surface area contributed by atoms with Gasteiger partial charge in [0.25, 0.3) is 5.56 Å². The Morgan fingerprint density at radius 3 is 2.43 bits per heavy atom. The van der Waals surface area contributed by atoms with Gasteiger partial charge in [0.05, 0.1) is 17.7 Å². The number of rotatable bonds is 4. The van der Waals surface area contributed by atoms with Crippen molar-refractivity contribution < 1.29 is 14.3 Å². The number of carbonyl (C=O) groups is 1. The van der Waals surface area contributed by atoms with Gasteiger partial charge in [-0.2, -0.15) is 5.26 Å². The second-order valence-electron chi connectivity index (χ2n) is 6.97. The molecule has 0 aliphatic carbocycles. The van der Waals surface area contributed by atoms with Crippen molar-refractivity contribution in [2.24, 2.45) is 0 Å². The quantitative estimate of drug-likeness (QED) is 0.812. The zero-order chi connectivity index (χ0) is 20.1. The molecule has 0 bridgehead atoms. The molecule has 0 saturated carbocycles. The van der Waals surface area contributed by atoms with Gasteiger partial charge in [0, 0.05) is 43.9 Å². The van der Waals surface area contributed by atoms with Crippen LogP contribution in [0.1, 0.15) is 32.3 Å². The van der Waals surface area contributed by atoms with Crippen LogP contribution < -0.4 is 10.3 Å². The first-order chi connectivity index (χ1) is 13.5. The molecule has 146 valence electrons. The van der Waals surface area contributed by atoms with Gasteiger partial charge in [-0.25, -0.2) is 4.79 Å². The van der Waals surface area contributed by atoms with Gasteiger partial charge in [-0.15, -0.1) is 0 Å². The Bertz CT molecular complexity index is 920. The number of nitrogens with zero attached hydrogens (tertiary/aromatic N) is 3. The van der Waals surface area contributed by atoms with Gasteiger partial charge >= 0.3 is 6.09 Å². The number of nitriles is 1. The highest BCUT2D eigenvalue weighted by Gasteiger charge is 2.25. The Morgan fingerprint density at radius 1 is 1.18 bits per heavy atom. The average molecular weight is 381 g/mol. The molecule has 2 heterocycles. The number of aromatic nitrogens is 1. The molecule has 0 spiro atoms. The molecule has 0 N–H and O–H groups in total. The van der Waals surface area contributed by atoms with Crippen LogP contribution in [-0.2, 0) is 4.74 Å². The second-order valence-corrected chi connectivity index (χ2v) is 6.97. The zero-order valence-corrected chi connectivity index (χ0v) is 16.0. The Kier molecular flexibility index (Phi) is 5.99. The molecule has 0 atom stereocenters. The number of hydrogen-bond acceptors (Lipinski definition) is 5. The van der Waals surface area contributed by atoms with Crippen molar-refractivity contribution in [3.8, 4) is 17.5 Å². The number of likely N-dealkylation sites (tertiary alicyclic amines) is 1. The predicted molar refractivity (Wildman–Crippen MR) is 104 cm³/mol. The third-order valence-corrected chi connectivity index (χ3v) is 4.51. The number of hydrogen-bond donors (Lipinski definition) is 0. The van der Waals surface area contributed by atoms with Gasteiger partial charge in [0.1, 0.15) is 11.9 Å². The summed E-state index contributed by atoms with van der Waals surface area (Å²) >= 11 is 0.